The van der Waals surface area contributed by atoms with Crippen LogP contribution in [0, 0.1) is 0 Å². The lowest BCUT2D eigenvalue weighted by Gasteiger charge is -2.35. The summed E-state index contributed by atoms with van der Waals surface area (Å²) in [4.78, 5) is 11.0. The first kappa shape index (κ1) is 34.1. The number of fused-ring (bicyclic) bond motifs is 10. The summed E-state index contributed by atoms with van der Waals surface area (Å²) in [6, 6.07) is 70.5. The van der Waals surface area contributed by atoms with Crippen molar-refractivity contribution in [3.8, 4) is 45.1 Å². The molecule has 1 aliphatic rings. The molecule has 0 atom stereocenters. The van der Waals surface area contributed by atoms with E-state index < -0.39 is 0 Å². The SMILES string of the molecule is CC1(C)c2ccccc2-c2nc(-n3c4ccccc4c4cc(-c5ccc6c(c5)c5ccccc5n6-c5ccc(-c6ccccc6)cc5)ccc43)nc3cc4ccccc4c1c23. The van der Waals surface area contributed by atoms with E-state index in [0.29, 0.717) is 5.95 Å². The summed E-state index contributed by atoms with van der Waals surface area (Å²) < 4.78 is 4.66. The van der Waals surface area contributed by atoms with Crippen LogP contribution >= 0.6 is 0 Å². The molecule has 13 rings (SSSR count). The van der Waals surface area contributed by atoms with Gasteiger partial charge in [-0.05, 0) is 98.8 Å². The normalized spacial score (nSPS) is 13.2. The zero-order valence-corrected chi connectivity index (χ0v) is 33.8. The molecule has 12 aromatic rings. The van der Waals surface area contributed by atoms with Gasteiger partial charge in [-0.3, -0.25) is 4.57 Å². The number of hydrogen-bond donors (Lipinski definition) is 0. The number of aromatic nitrogens is 4. The second kappa shape index (κ2) is 12.6. The van der Waals surface area contributed by atoms with Crippen LogP contribution in [0.4, 0.5) is 0 Å². The Hall–Kier alpha value is -7.82. The van der Waals surface area contributed by atoms with Crippen molar-refractivity contribution in [2.75, 3.05) is 0 Å². The van der Waals surface area contributed by atoms with Gasteiger partial charge in [0, 0.05) is 43.6 Å². The minimum Gasteiger partial charge on any atom is -0.309 e. The molecule has 0 N–H and O–H groups in total. The maximum atomic E-state index is 5.53. The minimum atomic E-state index is -0.219. The van der Waals surface area contributed by atoms with Crippen LogP contribution in [-0.2, 0) is 5.41 Å². The summed E-state index contributed by atoms with van der Waals surface area (Å²) in [6.07, 6.45) is 0. The first-order valence-electron chi connectivity index (χ1n) is 21.1. The maximum absolute atomic E-state index is 5.53. The Morgan fingerprint density at radius 2 is 0.951 bits per heavy atom. The Balaban J connectivity index is 0.986. The molecule has 9 aromatic carbocycles. The van der Waals surface area contributed by atoms with Gasteiger partial charge in [0.25, 0.3) is 0 Å². The number of hydrogen-bond acceptors (Lipinski definition) is 2. The Morgan fingerprint density at radius 1 is 0.410 bits per heavy atom. The van der Waals surface area contributed by atoms with Gasteiger partial charge in [0.2, 0.25) is 5.95 Å². The fourth-order valence-electron chi connectivity index (χ4n) is 10.5. The van der Waals surface area contributed by atoms with Crippen molar-refractivity contribution < 1.29 is 0 Å². The molecule has 0 amide bonds. The van der Waals surface area contributed by atoms with Gasteiger partial charge in [0.15, 0.2) is 0 Å². The maximum Gasteiger partial charge on any atom is 0.235 e. The molecule has 0 unspecified atom stereocenters. The Labute approximate surface area is 352 Å². The van der Waals surface area contributed by atoms with Crippen LogP contribution in [-0.4, -0.2) is 19.1 Å². The number of benzene rings is 9. The Kier molecular flexibility index (Phi) is 7.04. The molecule has 0 bridgehead atoms. The number of rotatable bonds is 4. The van der Waals surface area contributed by atoms with Crippen LogP contribution in [0.2, 0.25) is 0 Å². The minimum absolute atomic E-state index is 0.219. The van der Waals surface area contributed by atoms with Crippen molar-refractivity contribution in [2.24, 2.45) is 0 Å². The molecule has 0 spiro atoms. The topological polar surface area (TPSA) is 35.6 Å². The standard InChI is InChI=1S/C57H38N4/c1-57(2)47-21-11-8-20-44(47)55-53-48(34-39-16-6-7-17-41(39)54(53)57)58-56(59-55)61-50-23-13-10-19-43(50)46-33-38(27-31-52(46)61)37-26-30-51-45(32-37)42-18-9-12-22-49(42)60(51)40-28-24-36(25-29-40)35-14-4-3-5-15-35/h3-34H,1-2H3. The smallest absolute Gasteiger partial charge is 0.235 e. The third kappa shape index (κ3) is 4.87. The van der Waals surface area contributed by atoms with E-state index in [4.69, 9.17) is 9.97 Å². The predicted molar refractivity (Wildman–Crippen MR) is 254 cm³/mol. The third-order valence-electron chi connectivity index (χ3n) is 13.3. The first-order valence-corrected chi connectivity index (χ1v) is 21.1. The van der Waals surface area contributed by atoms with E-state index in [0.717, 1.165) is 33.3 Å². The average Bonchev–Trinajstić information content (AvgIpc) is 3.82. The van der Waals surface area contributed by atoms with Crippen LogP contribution in [0.1, 0.15) is 25.0 Å². The molecule has 0 fully saturated rings. The fraction of sp³-hybridized carbons (Fsp3) is 0.0526. The summed E-state index contributed by atoms with van der Waals surface area (Å²) >= 11 is 0. The largest absolute Gasteiger partial charge is 0.309 e. The van der Waals surface area contributed by atoms with Gasteiger partial charge >= 0.3 is 0 Å². The van der Waals surface area contributed by atoms with E-state index in [1.807, 2.05) is 0 Å². The summed E-state index contributed by atoms with van der Waals surface area (Å²) in [5.74, 6) is 0.684. The summed E-state index contributed by atoms with van der Waals surface area (Å²) in [5, 5.41) is 8.42. The lowest BCUT2D eigenvalue weighted by atomic mass is 9.68. The highest BCUT2D eigenvalue weighted by Gasteiger charge is 2.36. The van der Waals surface area contributed by atoms with Crippen LogP contribution in [0.3, 0.4) is 0 Å². The van der Waals surface area contributed by atoms with Gasteiger partial charge in [-0.1, -0.05) is 153 Å². The van der Waals surface area contributed by atoms with Crippen molar-refractivity contribution in [3.63, 3.8) is 0 Å². The summed E-state index contributed by atoms with van der Waals surface area (Å²) in [5.41, 5.74) is 16.0. The molecule has 0 aliphatic heterocycles. The molecule has 0 saturated carbocycles. The van der Waals surface area contributed by atoms with E-state index in [1.165, 1.54) is 82.3 Å². The molecule has 0 radical (unpaired) electrons. The van der Waals surface area contributed by atoms with Crippen molar-refractivity contribution in [1.29, 1.82) is 0 Å². The third-order valence-corrected chi connectivity index (χ3v) is 13.3. The predicted octanol–water partition coefficient (Wildman–Crippen LogP) is 14.6. The molecule has 3 heterocycles. The highest BCUT2D eigenvalue weighted by atomic mass is 15.2. The highest BCUT2D eigenvalue weighted by molar-refractivity contribution is 6.14. The number of nitrogens with zero attached hydrogens (tertiary/aromatic N) is 4. The molecule has 4 heteroatoms. The second-order valence-corrected chi connectivity index (χ2v) is 17.0. The van der Waals surface area contributed by atoms with Crippen LogP contribution in [0.5, 0.6) is 0 Å². The summed E-state index contributed by atoms with van der Waals surface area (Å²) in [6.45, 7) is 4.68. The van der Waals surface area contributed by atoms with Gasteiger partial charge in [-0.2, -0.15) is 0 Å². The summed E-state index contributed by atoms with van der Waals surface area (Å²) in [7, 11) is 0. The quantitative estimate of drug-likeness (QED) is 0.167. The molecular formula is C57H38N4. The van der Waals surface area contributed by atoms with Gasteiger partial charge in [-0.15, -0.1) is 0 Å². The molecular weight excluding hydrogens is 741 g/mol. The zero-order valence-electron chi connectivity index (χ0n) is 33.8. The van der Waals surface area contributed by atoms with Crippen LogP contribution < -0.4 is 0 Å². The molecule has 4 nitrogen and oxygen atoms in total. The van der Waals surface area contributed by atoms with Crippen molar-refractivity contribution in [1.82, 2.24) is 19.1 Å². The van der Waals surface area contributed by atoms with Gasteiger partial charge < -0.3 is 4.57 Å². The van der Waals surface area contributed by atoms with E-state index in [1.54, 1.807) is 0 Å². The van der Waals surface area contributed by atoms with Crippen molar-refractivity contribution in [2.45, 2.75) is 19.3 Å². The van der Waals surface area contributed by atoms with Gasteiger partial charge in [0.1, 0.15) is 0 Å². The fourth-order valence-corrected chi connectivity index (χ4v) is 10.5. The van der Waals surface area contributed by atoms with Crippen LogP contribution in [0.25, 0.3) is 110 Å². The first-order chi connectivity index (χ1) is 30.0. The Bertz CT molecular complexity index is 3780. The highest BCUT2D eigenvalue weighted by Crippen LogP contribution is 2.50. The van der Waals surface area contributed by atoms with E-state index in [9.17, 15) is 0 Å². The van der Waals surface area contributed by atoms with E-state index >= 15 is 0 Å². The lowest BCUT2D eigenvalue weighted by molar-refractivity contribution is 0.649. The van der Waals surface area contributed by atoms with Crippen LogP contribution in [0.15, 0.2) is 194 Å². The van der Waals surface area contributed by atoms with Gasteiger partial charge in [-0.25, -0.2) is 9.97 Å². The molecule has 286 valence electrons. The molecule has 1 aliphatic carbocycles. The van der Waals surface area contributed by atoms with E-state index in [2.05, 4.69) is 217 Å². The van der Waals surface area contributed by atoms with Crippen molar-refractivity contribution in [3.05, 3.63) is 205 Å². The number of para-hydroxylation sites is 2. The van der Waals surface area contributed by atoms with Crippen molar-refractivity contribution >= 4 is 65.3 Å². The lowest BCUT2D eigenvalue weighted by Crippen LogP contribution is -2.25. The second-order valence-electron chi connectivity index (χ2n) is 17.0. The average molecular weight is 779 g/mol. The molecule has 3 aromatic heterocycles. The molecule has 61 heavy (non-hydrogen) atoms. The Morgan fingerprint density at radius 3 is 1.67 bits per heavy atom. The van der Waals surface area contributed by atoms with E-state index in [-0.39, 0.29) is 5.41 Å². The molecule has 0 saturated heterocycles. The zero-order chi connectivity index (χ0) is 40.4. The monoisotopic (exact) mass is 778 g/mol. The van der Waals surface area contributed by atoms with Gasteiger partial charge in [0.05, 0.1) is 33.3 Å².